The minimum atomic E-state index is 0.132. The lowest BCUT2D eigenvalue weighted by molar-refractivity contribution is 0.0685. The maximum absolute atomic E-state index is 12.8. The molecule has 0 aliphatic carbocycles. The highest BCUT2D eigenvalue weighted by Crippen LogP contribution is 2.26. The molecule has 1 aliphatic heterocycles. The van der Waals surface area contributed by atoms with Gasteiger partial charge in [-0.1, -0.05) is 17.3 Å². The van der Waals surface area contributed by atoms with E-state index in [-0.39, 0.29) is 5.91 Å². The number of nitrogens with one attached hydrogen (secondary N) is 1. The van der Waals surface area contributed by atoms with Crippen molar-refractivity contribution in [2.24, 2.45) is 0 Å². The number of nitrogens with zero attached hydrogens (tertiary/aromatic N) is 4. The lowest BCUT2D eigenvalue weighted by Gasteiger charge is -2.32. The number of amides is 1. The summed E-state index contributed by atoms with van der Waals surface area (Å²) in [5, 5.41) is 11.5. The second kappa shape index (κ2) is 7.81. The van der Waals surface area contributed by atoms with Crippen molar-refractivity contribution in [3.63, 3.8) is 0 Å². The molecule has 1 aromatic carbocycles. The van der Waals surface area contributed by atoms with E-state index >= 15 is 0 Å². The topological polar surface area (TPSA) is 63.1 Å². The lowest BCUT2D eigenvalue weighted by Crippen LogP contribution is -2.39. The molecule has 1 fully saturated rings. The van der Waals surface area contributed by atoms with E-state index in [0.717, 1.165) is 48.6 Å². The molecule has 1 saturated heterocycles. The van der Waals surface area contributed by atoms with Crippen LogP contribution in [0.25, 0.3) is 0 Å². The zero-order valence-electron chi connectivity index (χ0n) is 14.1. The van der Waals surface area contributed by atoms with E-state index in [1.165, 1.54) is 0 Å². The maximum atomic E-state index is 12.8. The summed E-state index contributed by atoms with van der Waals surface area (Å²) in [6.45, 7) is 2.24. The highest BCUT2D eigenvalue weighted by Gasteiger charge is 2.26. The van der Waals surface area contributed by atoms with Gasteiger partial charge in [-0.2, -0.15) is 0 Å². The first kappa shape index (κ1) is 17.0. The number of aromatic nitrogens is 3. The Morgan fingerprint density at radius 2 is 2.08 bits per heavy atom. The van der Waals surface area contributed by atoms with E-state index in [0.29, 0.717) is 6.04 Å². The van der Waals surface area contributed by atoms with E-state index in [9.17, 15) is 4.79 Å². The monoisotopic (exact) mass is 345 g/mol. The number of benzene rings is 1. The largest absolute Gasteiger partial charge is 0.338 e. The predicted octanol–water partition coefficient (Wildman–Crippen LogP) is 2.20. The Labute approximate surface area is 146 Å². The quantitative estimate of drug-likeness (QED) is 0.842. The molecule has 1 N–H and O–H groups in total. The van der Waals surface area contributed by atoms with Crippen LogP contribution in [-0.4, -0.2) is 52.2 Å². The normalized spacial score (nSPS) is 15.7. The summed E-state index contributed by atoms with van der Waals surface area (Å²) in [5.74, 6) is 0.132. The molecule has 6 nitrogen and oxygen atoms in total. The lowest BCUT2D eigenvalue weighted by atomic mass is 10.0. The minimum Gasteiger partial charge on any atom is -0.338 e. The van der Waals surface area contributed by atoms with Gasteiger partial charge in [-0.25, -0.2) is 4.68 Å². The molecular formula is C17H23N5OS. The Kier molecular flexibility index (Phi) is 5.52. The van der Waals surface area contributed by atoms with Gasteiger partial charge in [-0.3, -0.25) is 4.79 Å². The first-order chi connectivity index (χ1) is 11.7. The molecule has 1 aliphatic rings. The molecule has 3 rings (SSSR count). The van der Waals surface area contributed by atoms with Gasteiger partial charge in [0.15, 0.2) is 0 Å². The van der Waals surface area contributed by atoms with Crippen LogP contribution in [0.4, 0.5) is 0 Å². The van der Waals surface area contributed by atoms with Crippen LogP contribution in [0.1, 0.15) is 34.9 Å². The van der Waals surface area contributed by atoms with Crippen LogP contribution in [0.5, 0.6) is 0 Å². The zero-order valence-corrected chi connectivity index (χ0v) is 14.9. The van der Waals surface area contributed by atoms with Crippen LogP contribution in [0.2, 0.25) is 0 Å². The summed E-state index contributed by atoms with van der Waals surface area (Å²) >= 11 is 1.62. The molecule has 0 atom stereocenters. The molecule has 0 saturated carbocycles. The number of rotatable bonds is 5. The Bertz CT molecular complexity index is 694. The third kappa shape index (κ3) is 3.62. The van der Waals surface area contributed by atoms with Gasteiger partial charge in [0.05, 0.1) is 23.5 Å². The number of carbonyl (C=O) groups is 1. The first-order valence-electron chi connectivity index (χ1n) is 8.20. The van der Waals surface area contributed by atoms with Crippen LogP contribution in [0.15, 0.2) is 35.4 Å². The van der Waals surface area contributed by atoms with Crippen LogP contribution >= 0.6 is 11.8 Å². The van der Waals surface area contributed by atoms with E-state index in [4.69, 9.17) is 0 Å². The maximum Gasteiger partial charge on any atom is 0.254 e. The van der Waals surface area contributed by atoms with Crippen molar-refractivity contribution in [2.45, 2.75) is 30.3 Å². The number of hydrogen-bond donors (Lipinski definition) is 1. The molecule has 1 amide bonds. The predicted molar refractivity (Wildman–Crippen MR) is 95.2 cm³/mol. The number of hydrogen-bond acceptors (Lipinski definition) is 5. The van der Waals surface area contributed by atoms with Crippen molar-refractivity contribution in [2.75, 3.05) is 26.4 Å². The third-order valence-corrected chi connectivity index (χ3v) is 5.17. The third-order valence-electron chi connectivity index (χ3n) is 4.38. The molecule has 24 heavy (non-hydrogen) atoms. The molecule has 1 aromatic heterocycles. The molecule has 2 heterocycles. The number of thioether (sulfide) groups is 1. The van der Waals surface area contributed by atoms with Crippen molar-refractivity contribution >= 4 is 17.7 Å². The molecule has 128 valence electrons. The molecule has 0 radical (unpaired) electrons. The fourth-order valence-electron chi connectivity index (χ4n) is 3.08. The van der Waals surface area contributed by atoms with Crippen LogP contribution < -0.4 is 5.32 Å². The Balaban J connectivity index is 1.63. The zero-order chi connectivity index (χ0) is 16.9. The van der Waals surface area contributed by atoms with Crippen molar-refractivity contribution in [3.8, 4) is 0 Å². The van der Waals surface area contributed by atoms with Crippen LogP contribution in [-0.2, 0) is 6.54 Å². The van der Waals surface area contributed by atoms with E-state index in [1.807, 2.05) is 53.3 Å². The van der Waals surface area contributed by atoms with Gasteiger partial charge in [0.2, 0.25) is 0 Å². The number of likely N-dealkylation sites (tertiary alicyclic amines) is 1. The molecule has 7 heteroatoms. The number of carbonyl (C=O) groups excluding carboxylic acids is 1. The minimum absolute atomic E-state index is 0.132. The Morgan fingerprint density at radius 3 is 2.79 bits per heavy atom. The van der Waals surface area contributed by atoms with Crippen molar-refractivity contribution in [3.05, 3.63) is 41.7 Å². The van der Waals surface area contributed by atoms with E-state index in [2.05, 4.69) is 15.6 Å². The van der Waals surface area contributed by atoms with Gasteiger partial charge in [-0.15, -0.1) is 16.9 Å². The summed E-state index contributed by atoms with van der Waals surface area (Å²) in [4.78, 5) is 15.8. The van der Waals surface area contributed by atoms with Gasteiger partial charge in [-0.05, 0) is 38.3 Å². The van der Waals surface area contributed by atoms with Crippen molar-refractivity contribution in [1.82, 2.24) is 25.2 Å². The Morgan fingerprint density at radius 1 is 1.33 bits per heavy atom. The van der Waals surface area contributed by atoms with Gasteiger partial charge in [0, 0.05) is 24.5 Å². The van der Waals surface area contributed by atoms with Crippen molar-refractivity contribution < 1.29 is 4.79 Å². The van der Waals surface area contributed by atoms with E-state index < -0.39 is 0 Å². The van der Waals surface area contributed by atoms with Crippen LogP contribution in [0, 0.1) is 0 Å². The average Bonchev–Trinajstić information content (AvgIpc) is 3.10. The molecule has 0 unspecified atom stereocenters. The van der Waals surface area contributed by atoms with Gasteiger partial charge in [0.25, 0.3) is 5.91 Å². The fraction of sp³-hybridized carbons (Fsp3) is 0.471. The summed E-state index contributed by atoms with van der Waals surface area (Å²) in [7, 11) is 1.90. The van der Waals surface area contributed by atoms with Gasteiger partial charge in [0.1, 0.15) is 0 Å². The molecule has 0 spiro atoms. The van der Waals surface area contributed by atoms with Gasteiger partial charge >= 0.3 is 0 Å². The van der Waals surface area contributed by atoms with E-state index in [1.54, 1.807) is 11.8 Å². The Hall–Kier alpha value is -1.86. The summed E-state index contributed by atoms with van der Waals surface area (Å²) < 4.78 is 1.95. The second-order valence-corrected chi connectivity index (χ2v) is 6.79. The molecular weight excluding hydrogens is 322 g/mol. The highest BCUT2D eigenvalue weighted by molar-refractivity contribution is 7.98. The number of piperidine rings is 1. The summed E-state index contributed by atoms with van der Waals surface area (Å²) in [5.41, 5.74) is 1.76. The first-order valence-corrected chi connectivity index (χ1v) is 9.43. The average molecular weight is 345 g/mol. The summed E-state index contributed by atoms with van der Waals surface area (Å²) in [6.07, 6.45) is 5.83. The van der Waals surface area contributed by atoms with Crippen LogP contribution in [0.3, 0.4) is 0 Å². The fourth-order valence-corrected chi connectivity index (χ4v) is 3.67. The second-order valence-electron chi connectivity index (χ2n) is 5.94. The van der Waals surface area contributed by atoms with Gasteiger partial charge < -0.3 is 10.2 Å². The van der Waals surface area contributed by atoms with Crippen molar-refractivity contribution in [1.29, 1.82) is 0 Å². The summed E-state index contributed by atoms with van der Waals surface area (Å²) in [6, 6.07) is 8.15. The highest BCUT2D eigenvalue weighted by atomic mass is 32.2. The standard InChI is InChI=1S/C17H23N5OS/c1-18-11-13-12-22(20-19-13)14-7-9-21(10-8-14)17(23)15-5-3-4-6-16(15)24-2/h3-6,12,14,18H,7-11H2,1-2H3. The SMILES string of the molecule is CNCc1cn(C2CCN(C(=O)c3ccccc3SC)CC2)nn1. The molecule has 2 aromatic rings. The smallest absolute Gasteiger partial charge is 0.254 e. The molecule has 0 bridgehead atoms.